The molecule has 0 radical (unpaired) electrons. The van der Waals surface area contributed by atoms with E-state index in [9.17, 15) is 4.79 Å². The van der Waals surface area contributed by atoms with Gasteiger partial charge in [0.15, 0.2) is 6.61 Å². The van der Waals surface area contributed by atoms with Gasteiger partial charge in [-0.25, -0.2) is 4.79 Å². The zero-order valence-electron chi connectivity index (χ0n) is 12.5. The molecule has 0 aliphatic carbocycles. The number of carboxylic acid groups (broad SMARTS) is 1. The lowest BCUT2D eigenvalue weighted by atomic mass is 9.97. The minimum absolute atomic E-state index is 0.173. The molecule has 6 heteroatoms. The smallest absolute Gasteiger partial charge is 0.335 e. The molecule has 1 N–H and O–H groups in total. The predicted octanol–water partition coefficient (Wildman–Crippen LogP) is 2.95. The minimum Gasteiger partial charge on any atom is -0.485 e. The Morgan fingerprint density at radius 3 is 2.62 bits per heavy atom. The summed E-state index contributed by atoms with van der Waals surface area (Å²) in [5.41, 5.74) is 0.772. The molecule has 0 bridgehead atoms. The molecule has 1 aromatic carbocycles. The van der Waals surface area contributed by atoms with Crippen molar-refractivity contribution in [2.45, 2.75) is 39.7 Å². The molecular weight excluding hydrogens is 272 g/mol. The molecular formula is C15H18N2O4. The second kappa shape index (κ2) is 5.55. The summed E-state index contributed by atoms with van der Waals surface area (Å²) < 4.78 is 10.8. The number of carboxylic acids is 1. The van der Waals surface area contributed by atoms with E-state index in [0.29, 0.717) is 17.5 Å². The lowest BCUT2D eigenvalue weighted by Gasteiger charge is -2.10. The van der Waals surface area contributed by atoms with Crippen LogP contribution in [0.3, 0.4) is 0 Å². The Bertz CT molecular complexity index is 656. The van der Waals surface area contributed by atoms with Crippen molar-refractivity contribution in [1.82, 2.24) is 10.1 Å². The number of aromatic carboxylic acids is 1. The highest BCUT2D eigenvalue weighted by atomic mass is 16.5. The molecule has 6 nitrogen and oxygen atoms in total. The third-order valence-electron chi connectivity index (χ3n) is 2.89. The highest BCUT2D eigenvalue weighted by molar-refractivity contribution is 5.88. The second-order valence-electron chi connectivity index (χ2n) is 5.84. The normalized spacial score (nSPS) is 11.4. The van der Waals surface area contributed by atoms with Gasteiger partial charge in [-0.05, 0) is 30.7 Å². The van der Waals surface area contributed by atoms with Crippen molar-refractivity contribution in [3.05, 3.63) is 41.0 Å². The van der Waals surface area contributed by atoms with Crippen LogP contribution in [0.4, 0.5) is 0 Å². The van der Waals surface area contributed by atoms with Gasteiger partial charge in [0.1, 0.15) is 5.75 Å². The first-order valence-corrected chi connectivity index (χ1v) is 6.57. The van der Waals surface area contributed by atoms with Crippen LogP contribution in [0, 0.1) is 6.92 Å². The van der Waals surface area contributed by atoms with Crippen LogP contribution in [-0.4, -0.2) is 21.2 Å². The maximum Gasteiger partial charge on any atom is 0.335 e. The van der Waals surface area contributed by atoms with Gasteiger partial charge in [-0.1, -0.05) is 25.9 Å². The summed E-state index contributed by atoms with van der Waals surface area (Å²) >= 11 is 0. The van der Waals surface area contributed by atoms with Crippen LogP contribution in [0.25, 0.3) is 0 Å². The molecule has 0 aliphatic heterocycles. The molecule has 1 aromatic heterocycles. The Hall–Kier alpha value is -2.37. The third-order valence-corrected chi connectivity index (χ3v) is 2.89. The highest BCUT2D eigenvalue weighted by Crippen LogP contribution is 2.22. The van der Waals surface area contributed by atoms with Gasteiger partial charge in [-0.3, -0.25) is 0 Å². The number of hydrogen-bond donors (Lipinski definition) is 1. The molecule has 0 spiro atoms. The number of hydrogen-bond acceptors (Lipinski definition) is 5. The monoisotopic (exact) mass is 290 g/mol. The highest BCUT2D eigenvalue weighted by Gasteiger charge is 2.21. The van der Waals surface area contributed by atoms with Crippen LogP contribution in [0.15, 0.2) is 22.7 Å². The number of carbonyl (C=O) groups is 1. The van der Waals surface area contributed by atoms with E-state index in [1.54, 1.807) is 19.1 Å². The van der Waals surface area contributed by atoms with E-state index in [-0.39, 0.29) is 17.6 Å². The number of rotatable bonds is 4. The zero-order chi connectivity index (χ0) is 15.6. The van der Waals surface area contributed by atoms with E-state index in [1.165, 1.54) is 6.07 Å². The van der Waals surface area contributed by atoms with Crippen LogP contribution in [0.1, 0.15) is 48.4 Å². The number of benzene rings is 1. The fourth-order valence-electron chi connectivity index (χ4n) is 1.70. The first-order chi connectivity index (χ1) is 9.77. The Kier molecular flexibility index (Phi) is 3.97. The average molecular weight is 290 g/mol. The summed E-state index contributed by atoms with van der Waals surface area (Å²) in [5, 5.41) is 12.8. The number of ether oxygens (including phenoxy) is 1. The Balaban J connectivity index is 2.06. The van der Waals surface area contributed by atoms with Gasteiger partial charge in [0.05, 0.1) is 5.56 Å². The van der Waals surface area contributed by atoms with Crippen LogP contribution < -0.4 is 4.74 Å². The molecule has 0 aliphatic rings. The fourth-order valence-corrected chi connectivity index (χ4v) is 1.70. The SMILES string of the molecule is Cc1cc(C(=O)O)ccc1OCc1noc(C(C)(C)C)n1. The molecule has 2 aromatic rings. The lowest BCUT2D eigenvalue weighted by Crippen LogP contribution is -2.11. The van der Waals surface area contributed by atoms with Crippen LogP contribution in [-0.2, 0) is 12.0 Å². The number of aromatic nitrogens is 2. The van der Waals surface area contributed by atoms with Gasteiger partial charge in [-0.15, -0.1) is 0 Å². The van der Waals surface area contributed by atoms with Gasteiger partial charge < -0.3 is 14.4 Å². The molecule has 21 heavy (non-hydrogen) atoms. The van der Waals surface area contributed by atoms with Gasteiger partial charge in [-0.2, -0.15) is 4.98 Å². The van der Waals surface area contributed by atoms with Crippen LogP contribution in [0.2, 0.25) is 0 Å². The number of nitrogens with zero attached hydrogens (tertiary/aromatic N) is 2. The van der Waals surface area contributed by atoms with Gasteiger partial charge in [0, 0.05) is 5.41 Å². The molecule has 2 rings (SSSR count). The minimum atomic E-state index is -0.961. The largest absolute Gasteiger partial charge is 0.485 e. The van der Waals surface area contributed by atoms with Gasteiger partial charge in [0.2, 0.25) is 11.7 Å². The summed E-state index contributed by atoms with van der Waals surface area (Å²) in [6, 6.07) is 4.69. The van der Waals surface area contributed by atoms with Crippen LogP contribution >= 0.6 is 0 Å². The Labute approximate surface area is 122 Å². The molecule has 0 atom stereocenters. The average Bonchev–Trinajstić information content (AvgIpc) is 2.85. The topological polar surface area (TPSA) is 85.5 Å². The molecule has 0 unspecified atom stereocenters. The van der Waals surface area contributed by atoms with E-state index in [0.717, 1.165) is 5.56 Å². The van der Waals surface area contributed by atoms with Crippen molar-refractivity contribution in [2.24, 2.45) is 0 Å². The van der Waals surface area contributed by atoms with Crippen molar-refractivity contribution >= 4 is 5.97 Å². The van der Waals surface area contributed by atoms with E-state index in [4.69, 9.17) is 14.4 Å². The van der Waals surface area contributed by atoms with Gasteiger partial charge in [0.25, 0.3) is 0 Å². The summed E-state index contributed by atoms with van der Waals surface area (Å²) in [6.07, 6.45) is 0. The van der Waals surface area contributed by atoms with Crippen molar-refractivity contribution in [3.63, 3.8) is 0 Å². The van der Waals surface area contributed by atoms with Gasteiger partial charge >= 0.3 is 5.97 Å². The summed E-state index contributed by atoms with van der Waals surface area (Å²) in [7, 11) is 0. The van der Waals surface area contributed by atoms with E-state index in [2.05, 4.69) is 10.1 Å². The van der Waals surface area contributed by atoms with E-state index >= 15 is 0 Å². The van der Waals surface area contributed by atoms with E-state index < -0.39 is 5.97 Å². The molecule has 0 saturated carbocycles. The predicted molar refractivity (Wildman–Crippen MR) is 75.5 cm³/mol. The molecule has 0 saturated heterocycles. The number of aryl methyl sites for hydroxylation is 1. The zero-order valence-corrected chi connectivity index (χ0v) is 12.5. The molecule has 112 valence electrons. The summed E-state index contributed by atoms with van der Waals surface area (Å²) in [4.78, 5) is 15.1. The summed E-state index contributed by atoms with van der Waals surface area (Å²) in [5.74, 6) is 0.653. The second-order valence-corrected chi connectivity index (χ2v) is 5.84. The quantitative estimate of drug-likeness (QED) is 0.931. The van der Waals surface area contributed by atoms with Crippen molar-refractivity contribution in [3.8, 4) is 5.75 Å². The fraction of sp³-hybridized carbons (Fsp3) is 0.400. The van der Waals surface area contributed by atoms with Crippen molar-refractivity contribution in [1.29, 1.82) is 0 Å². The molecule has 0 amide bonds. The standard InChI is InChI=1S/C15H18N2O4/c1-9-7-10(13(18)19)5-6-11(9)20-8-12-16-14(21-17-12)15(2,3)4/h5-7H,8H2,1-4H3,(H,18,19). The maximum atomic E-state index is 10.9. The van der Waals surface area contributed by atoms with Crippen molar-refractivity contribution < 1.29 is 19.2 Å². The van der Waals surface area contributed by atoms with Crippen molar-refractivity contribution in [2.75, 3.05) is 0 Å². The first-order valence-electron chi connectivity index (χ1n) is 6.57. The maximum absolute atomic E-state index is 10.9. The molecule has 0 fully saturated rings. The van der Waals surface area contributed by atoms with E-state index in [1.807, 2.05) is 20.8 Å². The third kappa shape index (κ3) is 3.59. The Morgan fingerprint density at radius 1 is 1.38 bits per heavy atom. The van der Waals surface area contributed by atoms with Crippen LogP contribution in [0.5, 0.6) is 5.75 Å². The lowest BCUT2D eigenvalue weighted by molar-refractivity contribution is 0.0696. The molecule has 1 heterocycles. The Morgan fingerprint density at radius 2 is 2.10 bits per heavy atom. The summed E-state index contributed by atoms with van der Waals surface area (Å²) in [6.45, 7) is 7.92. The first kappa shape index (κ1) is 15.0.